The normalized spacial score (nSPS) is 10.8. The van der Waals surface area contributed by atoms with Gasteiger partial charge in [0, 0.05) is 28.0 Å². The molecule has 2 aromatic rings. The molecule has 1 heterocycles. The molecule has 17 heavy (non-hydrogen) atoms. The fourth-order valence-corrected chi connectivity index (χ4v) is 2.64. The lowest BCUT2D eigenvalue weighted by Crippen LogP contribution is -2.13. The number of nitrogens with one attached hydrogen (secondary N) is 1. The van der Waals surface area contributed by atoms with Crippen LogP contribution in [-0.4, -0.2) is 4.98 Å². The summed E-state index contributed by atoms with van der Waals surface area (Å²) in [5, 5.41) is 3.22. The van der Waals surface area contributed by atoms with E-state index in [0.717, 1.165) is 16.7 Å². The van der Waals surface area contributed by atoms with Gasteiger partial charge in [0.1, 0.15) is 5.82 Å². The molecule has 0 aliphatic heterocycles. The van der Waals surface area contributed by atoms with Gasteiger partial charge in [-0.2, -0.15) is 0 Å². The molecule has 1 aromatic heterocycles. The number of thiazole rings is 1. The summed E-state index contributed by atoms with van der Waals surface area (Å²) >= 11 is 4.95. The maximum atomic E-state index is 13.4. The summed E-state index contributed by atoms with van der Waals surface area (Å²) in [5.74, 6) is -0.179. The molecule has 2 nitrogen and oxygen atoms in total. The third-order valence-corrected chi connectivity index (χ3v) is 3.88. The van der Waals surface area contributed by atoms with Crippen LogP contribution in [0.1, 0.15) is 16.1 Å². The minimum absolute atomic E-state index is 0.179. The molecule has 0 saturated carbocycles. The number of aryl methyl sites for hydroxylation is 1. The number of benzene rings is 1. The van der Waals surface area contributed by atoms with Gasteiger partial charge in [-0.25, -0.2) is 9.37 Å². The number of nitrogens with zero attached hydrogens (tertiary/aromatic N) is 1. The molecule has 1 aromatic carbocycles. The molecule has 90 valence electrons. The predicted molar refractivity (Wildman–Crippen MR) is 71.5 cm³/mol. The van der Waals surface area contributed by atoms with Crippen LogP contribution in [0.3, 0.4) is 0 Å². The lowest BCUT2D eigenvalue weighted by atomic mass is 10.2. The highest BCUT2D eigenvalue weighted by Crippen LogP contribution is 2.16. The van der Waals surface area contributed by atoms with Crippen molar-refractivity contribution < 1.29 is 4.39 Å². The van der Waals surface area contributed by atoms with E-state index in [2.05, 4.69) is 26.2 Å². The molecular formula is C12H12BrFN2S. The van der Waals surface area contributed by atoms with Crippen LogP contribution >= 0.6 is 27.3 Å². The number of aromatic nitrogens is 1. The fraction of sp³-hybridized carbons (Fsp3) is 0.250. The zero-order chi connectivity index (χ0) is 12.3. The van der Waals surface area contributed by atoms with Crippen molar-refractivity contribution in [3.05, 3.63) is 50.1 Å². The Kier molecular flexibility index (Phi) is 4.25. The monoisotopic (exact) mass is 314 g/mol. The van der Waals surface area contributed by atoms with Crippen molar-refractivity contribution in [3.63, 3.8) is 0 Å². The van der Waals surface area contributed by atoms with E-state index in [1.54, 1.807) is 23.5 Å². The van der Waals surface area contributed by atoms with Gasteiger partial charge in [-0.05, 0) is 25.1 Å². The van der Waals surface area contributed by atoms with E-state index in [1.807, 2.05) is 12.4 Å². The van der Waals surface area contributed by atoms with Crippen LogP contribution < -0.4 is 5.32 Å². The summed E-state index contributed by atoms with van der Waals surface area (Å²) in [4.78, 5) is 5.37. The summed E-state index contributed by atoms with van der Waals surface area (Å²) in [6.07, 6.45) is 0. The number of rotatable bonds is 4. The molecule has 0 saturated heterocycles. The minimum Gasteiger partial charge on any atom is -0.308 e. The predicted octanol–water partition coefficient (Wildman–Crippen LogP) is 3.64. The van der Waals surface area contributed by atoms with Crippen LogP contribution in [0.2, 0.25) is 0 Å². The van der Waals surface area contributed by atoms with Gasteiger partial charge in [0.15, 0.2) is 0 Å². The van der Waals surface area contributed by atoms with Gasteiger partial charge in [-0.1, -0.05) is 15.9 Å². The fourth-order valence-electron chi connectivity index (χ4n) is 1.49. The van der Waals surface area contributed by atoms with E-state index in [9.17, 15) is 4.39 Å². The molecule has 0 amide bonds. The number of hydrogen-bond donors (Lipinski definition) is 1. The highest BCUT2D eigenvalue weighted by molar-refractivity contribution is 9.10. The number of halogens is 2. The van der Waals surface area contributed by atoms with Gasteiger partial charge >= 0.3 is 0 Å². The summed E-state index contributed by atoms with van der Waals surface area (Å²) in [6, 6.07) is 4.97. The van der Waals surface area contributed by atoms with E-state index in [0.29, 0.717) is 12.1 Å². The summed E-state index contributed by atoms with van der Waals surface area (Å²) in [7, 11) is 0. The molecule has 0 unspecified atom stereocenters. The van der Waals surface area contributed by atoms with Crippen molar-refractivity contribution in [2.75, 3.05) is 0 Å². The Balaban J connectivity index is 1.94. The SMILES string of the molecule is Cc1ncsc1CNCc1cc(Br)ccc1F. The van der Waals surface area contributed by atoms with E-state index in [4.69, 9.17) is 0 Å². The Labute approximate surface area is 112 Å². The summed E-state index contributed by atoms with van der Waals surface area (Å²) < 4.78 is 14.3. The van der Waals surface area contributed by atoms with Gasteiger partial charge in [0.05, 0.1) is 11.2 Å². The average molecular weight is 315 g/mol. The van der Waals surface area contributed by atoms with Gasteiger partial charge in [0.2, 0.25) is 0 Å². The molecule has 0 aliphatic carbocycles. The Morgan fingerprint density at radius 3 is 2.94 bits per heavy atom. The van der Waals surface area contributed by atoms with E-state index in [1.165, 1.54) is 10.9 Å². The second-order valence-electron chi connectivity index (χ2n) is 3.70. The molecule has 0 aliphatic rings. The third-order valence-electron chi connectivity index (χ3n) is 2.45. The number of hydrogen-bond acceptors (Lipinski definition) is 3. The van der Waals surface area contributed by atoms with E-state index < -0.39 is 0 Å². The maximum Gasteiger partial charge on any atom is 0.127 e. The summed E-state index contributed by atoms with van der Waals surface area (Å²) in [5.41, 5.74) is 3.53. The van der Waals surface area contributed by atoms with Crippen molar-refractivity contribution in [1.82, 2.24) is 10.3 Å². The smallest absolute Gasteiger partial charge is 0.127 e. The van der Waals surface area contributed by atoms with Crippen LogP contribution in [0, 0.1) is 12.7 Å². The van der Waals surface area contributed by atoms with E-state index in [-0.39, 0.29) is 5.82 Å². The third kappa shape index (κ3) is 3.34. The maximum absolute atomic E-state index is 13.4. The molecule has 0 radical (unpaired) electrons. The van der Waals surface area contributed by atoms with Gasteiger partial charge in [0.25, 0.3) is 0 Å². The largest absolute Gasteiger partial charge is 0.308 e. The zero-order valence-electron chi connectivity index (χ0n) is 9.34. The first-order valence-corrected chi connectivity index (χ1v) is 6.87. The molecule has 1 N–H and O–H groups in total. The first kappa shape index (κ1) is 12.7. The Morgan fingerprint density at radius 2 is 2.24 bits per heavy atom. The lowest BCUT2D eigenvalue weighted by Gasteiger charge is -2.06. The Morgan fingerprint density at radius 1 is 1.41 bits per heavy atom. The van der Waals surface area contributed by atoms with Crippen LogP contribution in [0.25, 0.3) is 0 Å². The molecule has 5 heteroatoms. The topological polar surface area (TPSA) is 24.9 Å². The Hall–Kier alpha value is -0.780. The molecular weight excluding hydrogens is 303 g/mol. The summed E-state index contributed by atoms with van der Waals surface area (Å²) in [6.45, 7) is 3.22. The quantitative estimate of drug-likeness (QED) is 0.932. The second-order valence-corrected chi connectivity index (χ2v) is 5.56. The highest BCUT2D eigenvalue weighted by Gasteiger charge is 2.04. The minimum atomic E-state index is -0.179. The van der Waals surface area contributed by atoms with Crippen LogP contribution in [0.4, 0.5) is 4.39 Å². The first-order chi connectivity index (χ1) is 8.16. The van der Waals surface area contributed by atoms with Gasteiger partial charge in [-0.15, -0.1) is 11.3 Å². The first-order valence-electron chi connectivity index (χ1n) is 5.20. The van der Waals surface area contributed by atoms with Crippen molar-refractivity contribution in [2.45, 2.75) is 20.0 Å². The molecule has 0 atom stereocenters. The second kappa shape index (κ2) is 5.71. The van der Waals surface area contributed by atoms with Crippen LogP contribution in [0.5, 0.6) is 0 Å². The van der Waals surface area contributed by atoms with Gasteiger partial charge < -0.3 is 5.32 Å². The highest BCUT2D eigenvalue weighted by atomic mass is 79.9. The molecule has 0 bridgehead atoms. The van der Waals surface area contributed by atoms with Crippen molar-refractivity contribution >= 4 is 27.3 Å². The van der Waals surface area contributed by atoms with Gasteiger partial charge in [-0.3, -0.25) is 0 Å². The van der Waals surface area contributed by atoms with E-state index >= 15 is 0 Å². The lowest BCUT2D eigenvalue weighted by molar-refractivity contribution is 0.588. The molecule has 0 spiro atoms. The van der Waals surface area contributed by atoms with Crippen molar-refractivity contribution in [2.24, 2.45) is 0 Å². The van der Waals surface area contributed by atoms with Crippen molar-refractivity contribution in [3.8, 4) is 0 Å². The average Bonchev–Trinajstić information content (AvgIpc) is 2.70. The standard InChI is InChI=1S/C12H12BrFN2S/c1-8-12(17-7-16-8)6-15-5-9-4-10(13)2-3-11(9)14/h2-4,7,15H,5-6H2,1H3. The van der Waals surface area contributed by atoms with Crippen LogP contribution in [0.15, 0.2) is 28.2 Å². The molecule has 2 rings (SSSR count). The van der Waals surface area contributed by atoms with Crippen LogP contribution in [-0.2, 0) is 13.1 Å². The van der Waals surface area contributed by atoms with Crippen molar-refractivity contribution in [1.29, 1.82) is 0 Å². The Bertz CT molecular complexity index is 513. The molecule has 0 fully saturated rings. The zero-order valence-corrected chi connectivity index (χ0v) is 11.7.